The number of para-hydroxylation sites is 2. The minimum absolute atomic E-state index is 0.0607. The number of fused-ring (bicyclic) bond motifs is 2. The van der Waals surface area contributed by atoms with Crippen LogP contribution in [0.4, 0.5) is 10.5 Å². The predicted molar refractivity (Wildman–Crippen MR) is 111 cm³/mol. The highest BCUT2D eigenvalue weighted by molar-refractivity contribution is 7.18. The van der Waals surface area contributed by atoms with Gasteiger partial charge in [0.2, 0.25) is 0 Å². The maximum atomic E-state index is 12.4. The molecular weight excluding hydrogens is 356 g/mol. The van der Waals surface area contributed by atoms with E-state index in [2.05, 4.69) is 52.5 Å². The first-order valence-corrected chi connectivity index (χ1v) is 10.1. The molecule has 27 heavy (non-hydrogen) atoms. The first-order chi connectivity index (χ1) is 13.1. The van der Waals surface area contributed by atoms with Crippen molar-refractivity contribution in [3.05, 3.63) is 59.1 Å². The maximum Gasteiger partial charge on any atom is 0.317 e. The Balaban J connectivity index is 1.30. The van der Waals surface area contributed by atoms with Crippen molar-refractivity contribution in [2.75, 3.05) is 25.0 Å². The van der Waals surface area contributed by atoms with Crippen molar-refractivity contribution in [2.24, 2.45) is 0 Å². The van der Waals surface area contributed by atoms with Crippen molar-refractivity contribution < 1.29 is 4.79 Å². The van der Waals surface area contributed by atoms with Gasteiger partial charge in [0.1, 0.15) is 5.01 Å². The number of aromatic nitrogens is 1. The second kappa shape index (κ2) is 7.56. The summed E-state index contributed by atoms with van der Waals surface area (Å²) in [6, 6.07) is 17.0. The lowest BCUT2D eigenvalue weighted by atomic mass is 10.1. The lowest BCUT2D eigenvalue weighted by Gasteiger charge is -2.25. The molecule has 1 aliphatic heterocycles. The zero-order valence-electron chi connectivity index (χ0n) is 15.7. The molecule has 0 saturated carbocycles. The van der Waals surface area contributed by atoms with Gasteiger partial charge in [0.25, 0.3) is 0 Å². The molecule has 1 aromatic heterocycles. The van der Waals surface area contributed by atoms with Crippen LogP contribution in [0.5, 0.6) is 0 Å². The number of thiazole rings is 1. The molecule has 1 aliphatic rings. The summed E-state index contributed by atoms with van der Waals surface area (Å²) >= 11 is 1.64. The third-order valence-electron chi connectivity index (χ3n) is 5.03. The van der Waals surface area contributed by atoms with Gasteiger partial charge in [-0.25, -0.2) is 9.78 Å². The number of anilines is 1. The number of nitrogens with zero attached hydrogens (tertiary/aromatic N) is 3. The van der Waals surface area contributed by atoms with Gasteiger partial charge >= 0.3 is 6.03 Å². The number of amides is 2. The number of carbonyl (C=O) groups excluding carboxylic acids is 1. The van der Waals surface area contributed by atoms with Gasteiger partial charge in [-0.3, -0.25) is 0 Å². The largest absolute Gasteiger partial charge is 0.367 e. The molecule has 2 amide bonds. The molecule has 0 fully saturated rings. The summed E-state index contributed by atoms with van der Waals surface area (Å²) < 4.78 is 1.16. The molecule has 6 heteroatoms. The molecule has 4 rings (SSSR count). The topological polar surface area (TPSA) is 48.5 Å². The zero-order chi connectivity index (χ0) is 18.8. The average Bonchev–Trinajstić information content (AvgIpc) is 3.21. The summed E-state index contributed by atoms with van der Waals surface area (Å²) in [5.74, 6) is 0. The van der Waals surface area contributed by atoms with Gasteiger partial charge in [0.05, 0.1) is 16.8 Å². The van der Waals surface area contributed by atoms with Crippen molar-refractivity contribution in [1.82, 2.24) is 15.2 Å². The Morgan fingerprint density at radius 3 is 2.89 bits per heavy atom. The SMILES string of the molecule is CC1Cc2ccccc2N1CCNC(=O)N(C)Cc1nc2ccccc2s1. The van der Waals surface area contributed by atoms with Crippen LogP contribution in [-0.4, -0.2) is 42.1 Å². The molecule has 1 N–H and O–H groups in total. The molecule has 1 atom stereocenters. The Kier molecular flexibility index (Phi) is 4.99. The first kappa shape index (κ1) is 17.8. The van der Waals surface area contributed by atoms with E-state index in [-0.39, 0.29) is 6.03 Å². The quantitative estimate of drug-likeness (QED) is 0.731. The molecule has 0 bridgehead atoms. The van der Waals surface area contributed by atoms with E-state index >= 15 is 0 Å². The number of benzene rings is 2. The molecule has 0 radical (unpaired) electrons. The Morgan fingerprint density at radius 2 is 2.04 bits per heavy atom. The van der Waals surface area contributed by atoms with E-state index in [0.717, 1.165) is 28.2 Å². The summed E-state index contributed by atoms with van der Waals surface area (Å²) in [6.45, 7) is 4.20. The van der Waals surface area contributed by atoms with Crippen LogP contribution in [0, 0.1) is 0 Å². The molecule has 140 valence electrons. The summed E-state index contributed by atoms with van der Waals surface area (Å²) in [6.07, 6.45) is 1.07. The van der Waals surface area contributed by atoms with E-state index < -0.39 is 0 Å². The van der Waals surface area contributed by atoms with Crippen molar-refractivity contribution in [1.29, 1.82) is 0 Å². The lowest BCUT2D eigenvalue weighted by molar-refractivity contribution is 0.207. The number of rotatable bonds is 5. The third-order valence-corrected chi connectivity index (χ3v) is 6.06. The summed E-state index contributed by atoms with van der Waals surface area (Å²) in [5, 5.41) is 3.99. The molecule has 5 nitrogen and oxygen atoms in total. The summed E-state index contributed by atoms with van der Waals surface area (Å²) in [7, 11) is 1.81. The van der Waals surface area contributed by atoms with Crippen molar-refractivity contribution in [3.8, 4) is 0 Å². The van der Waals surface area contributed by atoms with Gasteiger partial charge in [-0.1, -0.05) is 30.3 Å². The highest BCUT2D eigenvalue weighted by Crippen LogP contribution is 2.31. The molecule has 1 unspecified atom stereocenters. The second-order valence-corrected chi connectivity index (χ2v) is 8.15. The predicted octanol–water partition coefficient (Wildman–Crippen LogP) is 3.89. The van der Waals surface area contributed by atoms with E-state index in [1.807, 2.05) is 25.2 Å². The Bertz CT molecular complexity index is 921. The smallest absolute Gasteiger partial charge is 0.317 e. The van der Waals surface area contributed by atoms with Gasteiger partial charge in [-0.05, 0) is 37.1 Å². The van der Waals surface area contributed by atoms with Crippen LogP contribution in [0.1, 0.15) is 17.5 Å². The van der Waals surface area contributed by atoms with Gasteiger partial charge in [-0.2, -0.15) is 0 Å². The van der Waals surface area contributed by atoms with Gasteiger partial charge in [0.15, 0.2) is 0 Å². The van der Waals surface area contributed by atoms with Crippen molar-refractivity contribution in [3.63, 3.8) is 0 Å². The van der Waals surface area contributed by atoms with E-state index in [0.29, 0.717) is 19.1 Å². The fraction of sp³-hybridized carbons (Fsp3) is 0.333. The zero-order valence-corrected chi connectivity index (χ0v) is 16.5. The standard InChI is InChI=1S/C21H24N4OS/c1-15-13-16-7-3-5-9-18(16)25(15)12-11-22-21(26)24(2)14-20-23-17-8-4-6-10-19(17)27-20/h3-10,15H,11-14H2,1-2H3,(H,22,26). The molecular formula is C21H24N4OS. The first-order valence-electron chi connectivity index (χ1n) is 9.30. The fourth-order valence-corrected chi connectivity index (χ4v) is 4.67. The number of nitrogens with one attached hydrogen (secondary N) is 1. The lowest BCUT2D eigenvalue weighted by Crippen LogP contribution is -2.42. The monoisotopic (exact) mass is 380 g/mol. The fourth-order valence-electron chi connectivity index (χ4n) is 3.65. The maximum absolute atomic E-state index is 12.4. The minimum Gasteiger partial charge on any atom is -0.367 e. The Labute approximate surface area is 163 Å². The second-order valence-electron chi connectivity index (χ2n) is 7.04. The van der Waals surface area contributed by atoms with E-state index in [1.165, 1.54) is 11.3 Å². The molecule has 3 aromatic rings. The molecule has 0 aliphatic carbocycles. The molecule has 0 spiro atoms. The molecule has 0 saturated heterocycles. The molecule has 2 aromatic carbocycles. The van der Waals surface area contributed by atoms with Crippen LogP contribution in [0.2, 0.25) is 0 Å². The van der Waals surface area contributed by atoms with Crippen LogP contribution < -0.4 is 10.2 Å². The van der Waals surface area contributed by atoms with Gasteiger partial charge in [0, 0.05) is 31.9 Å². The normalized spacial score (nSPS) is 15.8. The van der Waals surface area contributed by atoms with E-state index in [4.69, 9.17) is 0 Å². The summed E-state index contributed by atoms with van der Waals surface area (Å²) in [4.78, 5) is 21.1. The Hall–Kier alpha value is -2.60. The van der Waals surface area contributed by atoms with Crippen LogP contribution in [0.3, 0.4) is 0 Å². The van der Waals surface area contributed by atoms with Gasteiger partial charge in [-0.15, -0.1) is 11.3 Å². The Morgan fingerprint density at radius 1 is 1.26 bits per heavy atom. The van der Waals surface area contributed by atoms with Crippen molar-refractivity contribution in [2.45, 2.75) is 25.9 Å². The van der Waals surface area contributed by atoms with Crippen LogP contribution in [-0.2, 0) is 13.0 Å². The molecule has 2 heterocycles. The van der Waals surface area contributed by atoms with Crippen LogP contribution >= 0.6 is 11.3 Å². The van der Waals surface area contributed by atoms with Crippen molar-refractivity contribution >= 4 is 33.3 Å². The number of urea groups is 1. The number of hydrogen-bond donors (Lipinski definition) is 1. The highest BCUT2D eigenvalue weighted by Gasteiger charge is 2.25. The van der Waals surface area contributed by atoms with E-state index in [1.54, 1.807) is 16.2 Å². The average molecular weight is 381 g/mol. The minimum atomic E-state index is -0.0607. The van der Waals surface area contributed by atoms with Crippen LogP contribution in [0.15, 0.2) is 48.5 Å². The van der Waals surface area contributed by atoms with E-state index in [9.17, 15) is 4.79 Å². The van der Waals surface area contributed by atoms with Gasteiger partial charge < -0.3 is 15.1 Å². The summed E-state index contributed by atoms with van der Waals surface area (Å²) in [5.41, 5.74) is 3.68. The highest BCUT2D eigenvalue weighted by atomic mass is 32.1. The number of hydrogen-bond acceptors (Lipinski definition) is 4. The third kappa shape index (κ3) is 3.76. The van der Waals surface area contributed by atoms with Crippen LogP contribution in [0.25, 0.3) is 10.2 Å². The number of carbonyl (C=O) groups is 1.